The monoisotopic (exact) mass is 2010 g/mol. The van der Waals surface area contributed by atoms with Crippen molar-refractivity contribution in [3.63, 3.8) is 0 Å². The number of nitrogens with two attached hydrogens (primary N) is 5. The van der Waals surface area contributed by atoms with Gasteiger partial charge in [-0.3, -0.25) is 76.7 Å². The number of Topliss-reactive ketones (excluding diaryl/α,β-unsaturated/α-hetero) is 7. The highest BCUT2D eigenvalue weighted by Crippen LogP contribution is 2.29. The van der Waals surface area contributed by atoms with E-state index in [1.54, 1.807) is 49.4 Å². The first-order valence-corrected chi connectivity index (χ1v) is 51.7. The lowest BCUT2D eigenvalue weighted by atomic mass is 9.88. The maximum Gasteiger partial charge on any atom is 0.243 e. The molecule has 0 aliphatic carbocycles. The lowest BCUT2D eigenvalue weighted by molar-refractivity contribution is -0.293. The molecule has 0 spiro atoms. The Labute approximate surface area is 843 Å². The van der Waals surface area contributed by atoms with Gasteiger partial charge in [0.05, 0.1) is 60.9 Å². The zero-order valence-electron chi connectivity index (χ0n) is 85.5. The summed E-state index contributed by atoms with van der Waals surface area (Å²) in [5, 5.41) is 76.0. The van der Waals surface area contributed by atoms with E-state index in [1.165, 1.54) is 13.8 Å². The highest BCUT2D eigenvalue weighted by Gasteiger charge is 2.44. The van der Waals surface area contributed by atoms with Crippen molar-refractivity contribution < 1.29 is 116 Å². The summed E-state index contributed by atoms with van der Waals surface area (Å²) in [4.78, 5) is 219. The number of ketones is 7. The molecule has 3 aromatic carbocycles. The molecule has 802 valence electrons. The summed E-state index contributed by atoms with van der Waals surface area (Å²) >= 11 is 0. The Hall–Kier alpha value is -10.1. The molecule has 5 rings (SSSR count). The van der Waals surface area contributed by atoms with E-state index in [0.29, 0.717) is 81.3 Å². The molecule has 2 unspecified atom stereocenters. The van der Waals surface area contributed by atoms with Gasteiger partial charge in [0, 0.05) is 107 Å². The summed E-state index contributed by atoms with van der Waals surface area (Å²) in [5.74, 6) is -14.0. The van der Waals surface area contributed by atoms with Crippen LogP contribution in [0.5, 0.6) is 5.75 Å². The van der Waals surface area contributed by atoms with Gasteiger partial charge in [-0.2, -0.15) is 0 Å². The fourth-order valence-corrected chi connectivity index (χ4v) is 17.0. The Morgan fingerprint density at radius 1 is 0.510 bits per heavy atom. The standard InChI is InChI=1S/C68H116N12O14.C37H52N2O10/c1-7-9-11-12-13-18-21-46(37-49(83)22-15-10-8-2)62(88)76-54(25-31-71)61(87)41-51(44(6)82)66(92)77-53(24-30-70)58(84)38-47-28-34-74-65(91)50(43(5)81)40-60(86)55(26-32-72)78-67(93)56(27-33-73)79-68(94)57(35-42(3)4)80-64(90)48(36-45-19-16-14-17-20-45)39-59(85)52(23-29-69)75-63(47)89;1-3-38-32(42)15-7-5-4-6-14-31(41)28-12-8-11-27(23-28)26-17-19-30(20-18-26)48-24-29(40)13-9-21-39-33(43)16-10-22-47-37-36(46)35(45)34(44)25(2)49-37/h14,16-17,19-20,42-44,46-48,50-57,81-82H,7-13,15,18,21-41,69-73H2,1-6H3,(H,74,91)(H,75,89)(H,76,88)(H,77,92)(H,78,93)(H,79,94)(H,80,90);8,11-12,17-20,23,25,34-37,44-46H,3-7,9-10,13-16,21-22,24H2,1-2H3,(H,38,42)(H,39,43)/t43-,44-,46-,47-,48+,50+,51+,52+,53+,54+,55+,56+,57+;25-,34-,35?,36-,37?/m10/s1. The molecule has 0 aromatic heterocycles. The first kappa shape index (κ1) is 125. The van der Waals surface area contributed by atoms with Gasteiger partial charge < -0.3 is 116 Å². The molecule has 38 heteroatoms. The van der Waals surface area contributed by atoms with Crippen molar-refractivity contribution in [3.8, 4) is 16.9 Å². The van der Waals surface area contributed by atoms with Crippen molar-refractivity contribution in [2.45, 2.75) is 353 Å². The average Bonchev–Trinajstić information content (AvgIpc) is 0.999. The molecule has 2 aliphatic heterocycles. The number of amides is 9. The molecule has 0 radical (unpaired) electrons. The summed E-state index contributed by atoms with van der Waals surface area (Å²) in [6.45, 7) is 14.0. The van der Waals surface area contributed by atoms with Crippen molar-refractivity contribution >= 4 is 93.6 Å². The minimum atomic E-state index is -1.48. The van der Waals surface area contributed by atoms with Crippen LogP contribution in [0, 0.1) is 35.5 Å². The molecule has 2 fully saturated rings. The number of ether oxygens (including phenoxy) is 3. The maximum absolute atomic E-state index is 14.8. The molecule has 38 nitrogen and oxygen atoms in total. The van der Waals surface area contributed by atoms with Gasteiger partial charge in [0.1, 0.15) is 48.5 Å². The van der Waals surface area contributed by atoms with Crippen LogP contribution in [0.15, 0.2) is 78.9 Å². The van der Waals surface area contributed by atoms with E-state index >= 15 is 0 Å². The van der Waals surface area contributed by atoms with Gasteiger partial charge in [-0.15, -0.1) is 0 Å². The molecule has 0 bridgehead atoms. The summed E-state index contributed by atoms with van der Waals surface area (Å²) < 4.78 is 16.4. The number of aliphatic hydroxyl groups excluding tert-OH is 5. The van der Waals surface area contributed by atoms with Gasteiger partial charge in [0.2, 0.25) is 53.2 Å². The van der Waals surface area contributed by atoms with Crippen molar-refractivity contribution in [3.05, 3.63) is 90.0 Å². The van der Waals surface area contributed by atoms with E-state index in [-0.39, 0.29) is 158 Å². The van der Waals surface area contributed by atoms with Crippen molar-refractivity contribution in [1.82, 2.24) is 47.9 Å². The zero-order chi connectivity index (χ0) is 106. The number of hydrogen-bond acceptors (Lipinski definition) is 29. The number of aliphatic hydroxyl groups is 5. The summed E-state index contributed by atoms with van der Waals surface area (Å²) in [7, 11) is 0. The summed E-state index contributed by atoms with van der Waals surface area (Å²) in [6.07, 6.45) is 2.98. The van der Waals surface area contributed by atoms with Gasteiger partial charge >= 0.3 is 0 Å². The second-order valence-corrected chi connectivity index (χ2v) is 38.2. The lowest BCUT2D eigenvalue weighted by Crippen LogP contribution is -2.57. The topological polar surface area (TPSA) is 640 Å². The Bertz CT molecular complexity index is 4390. The highest BCUT2D eigenvalue weighted by molar-refractivity contribution is 6.00. The minimum absolute atomic E-state index is 0.00218. The highest BCUT2D eigenvalue weighted by atomic mass is 16.7. The van der Waals surface area contributed by atoms with E-state index in [4.69, 9.17) is 42.9 Å². The van der Waals surface area contributed by atoms with Gasteiger partial charge in [0.15, 0.2) is 41.0 Å². The number of carbonyl (C=O) groups excluding carboxylic acids is 16. The van der Waals surface area contributed by atoms with Gasteiger partial charge in [-0.25, -0.2) is 0 Å². The minimum Gasteiger partial charge on any atom is -0.486 e. The molecule has 3 aromatic rings. The molecule has 2 saturated heterocycles. The maximum atomic E-state index is 14.8. The third kappa shape index (κ3) is 48.2. The molecule has 0 saturated carbocycles. The van der Waals surface area contributed by atoms with Crippen LogP contribution in [0.2, 0.25) is 0 Å². The fraction of sp³-hybridized carbons (Fsp3) is 0.676. The summed E-state index contributed by atoms with van der Waals surface area (Å²) in [6, 6.07) is 15.8. The summed E-state index contributed by atoms with van der Waals surface area (Å²) in [5.41, 5.74) is 33.0. The Morgan fingerprint density at radius 3 is 1.69 bits per heavy atom. The Balaban J connectivity index is 0.000000725. The molecule has 9 amide bonds. The number of nitrogens with one attached hydrogen (secondary N) is 9. The third-order valence-corrected chi connectivity index (χ3v) is 25.6. The number of rotatable bonds is 61. The van der Waals surface area contributed by atoms with Gasteiger partial charge in [-0.05, 0) is 191 Å². The quantitative estimate of drug-likeness (QED) is 0.0264. The molecule has 2 heterocycles. The molecule has 143 heavy (non-hydrogen) atoms. The fourth-order valence-electron chi connectivity index (χ4n) is 17.0. The number of unbranched alkanes of at least 4 members (excludes halogenated alkanes) is 10. The lowest BCUT2D eigenvalue weighted by Gasteiger charge is -2.38. The van der Waals surface area contributed by atoms with Gasteiger partial charge in [0.25, 0.3) is 0 Å². The second kappa shape index (κ2) is 70.6. The van der Waals surface area contributed by atoms with E-state index in [1.807, 2.05) is 64.1 Å². The Kier molecular flexibility index (Phi) is 61.8. The SMILES string of the molecule is CCCCCCCC[C@H](CC(=O)CCCCC)C(=O)N[C@@H](CCN)C(=O)C[C@H](C(=O)N[C@@H](CCN)C(=O)C[C@H]1CCNC(=O)[C@H]([C@@H](C)O)CC(=O)[C@H](CCN)NC(=O)[C@H](CCN)NC(=O)[C@H](CC(C)C)NC(=O)[C@@H](Cc2ccccc2)CC(=O)[C@H](CCN)NC1=O)[C@@H](C)O.CCNC(=O)CCCCCCC(=O)c1cccc(-c2ccc(OCC(=O)CCCNC(=O)CCCOC3O[C@@H](C)[C@H](O)C(O)[C@@H]3O)cc2)c1. The van der Waals surface area contributed by atoms with Gasteiger partial charge in [-0.1, -0.05) is 153 Å². The smallest absolute Gasteiger partial charge is 0.243 e. The molecular formula is C105H168N14O24. The van der Waals surface area contributed by atoms with Crippen LogP contribution in [-0.4, -0.2) is 264 Å². The van der Waals surface area contributed by atoms with Crippen LogP contribution in [0.1, 0.15) is 283 Å². The molecule has 2 aliphatic rings. The first-order valence-electron chi connectivity index (χ1n) is 51.7. The van der Waals surface area contributed by atoms with E-state index in [0.717, 1.165) is 81.8 Å². The van der Waals surface area contributed by atoms with Crippen molar-refractivity contribution in [1.29, 1.82) is 0 Å². The number of benzene rings is 3. The molecule has 18 atom stereocenters. The zero-order valence-corrected chi connectivity index (χ0v) is 85.5. The van der Waals surface area contributed by atoms with E-state index < -0.39 is 199 Å². The first-order chi connectivity index (χ1) is 68.4. The second-order valence-electron chi connectivity index (χ2n) is 38.2. The van der Waals surface area contributed by atoms with Crippen LogP contribution < -0.4 is 81.3 Å². The third-order valence-electron chi connectivity index (χ3n) is 25.6. The number of hydrogen-bond donors (Lipinski definition) is 19. The van der Waals surface area contributed by atoms with Crippen LogP contribution in [-0.2, 0) is 87.8 Å². The largest absolute Gasteiger partial charge is 0.486 e. The number of carbonyl (C=O) groups is 16. The van der Waals surface area contributed by atoms with Crippen molar-refractivity contribution in [2.24, 2.45) is 64.2 Å². The normalized spacial score (nSPS) is 21.5. The average molecular weight is 2010 g/mol. The predicted octanol–water partition coefficient (Wildman–Crippen LogP) is 4.90. The van der Waals surface area contributed by atoms with E-state index in [9.17, 15) is 102 Å². The van der Waals surface area contributed by atoms with Crippen molar-refractivity contribution in [2.75, 3.05) is 65.6 Å². The Morgan fingerprint density at radius 2 is 1.06 bits per heavy atom. The van der Waals surface area contributed by atoms with Crippen LogP contribution in [0.25, 0.3) is 11.1 Å². The molecular weight excluding hydrogens is 1840 g/mol. The van der Waals surface area contributed by atoms with Crippen LogP contribution >= 0.6 is 0 Å². The van der Waals surface area contributed by atoms with Crippen LogP contribution in [0.3, 0.4) is 0 Å². The predicted molar refractivity (Wildman–Crippen MR) is 541 cm³/mol. The van der Waals surface area contributed by atoms with E-state index in [2.05, 4.69) is 54.8 Å². The molecule has 24 N–H and O–H groups in total. The van der Waals surface area contributed by atoms with Crippen LogP contribution in [0.4, 0.5) is 0 Å².